The zero-order chi connectivity index (χ0) is 14.0. The van der Waals surface area contributed by atoms with Crippen molar-refractivity contribution in [2.75, 3.05) is 7.05 Å². The fraction of sp³-hybridized carbons (Fsp3) is 0.267. The second-order valence-corrected chi connectivity index (χ2v) is 6.12. The summed E-state index contributed by atoms with van der Waals surface area (Å²) >= 11 is 1.64. The minimum absolute atomic E-state index is 0.0187. The fourth-order valence-electron chi connectivity index (χ4n) is 2.05. The number of thiophene rings is 1. The Hall–Kier alpha value is -1.81. The average Bonchev–Trinajstić information content (AvgIpc) is 2.67. The normalized spacial score (nSPS) is 10.5. The number of hydrogen-bond donors (Lipinski definition) is 1. The highest BCUT2D eigenvalue weighted by molar-refractivity contribution is 7.12. The summed E-state index contributed by atoms with van der Waals surface area (Å²) in [5.41, 5.74) is 1.69. The molecule has 0 aliphatic rings. The maximum atomic E-state index is 12.3. The summed E-state index contributed by atoms with van der Waals surface area (Å²) in [6.07, 6.45) is 0. The van der Waals surface area contributed by atoms with Gasteiger partial charge in [-0.05, 0) is 37.6 Å². The van der Waals surface area contributed by atoms with Gasteiger partial charge in [-0.2, -0.15) is 0 Å². The highest BCUT2D eigenvalue weighted by atomic mass is 32.1. The highest BCUT2D eigenvalue weighted by Gasteiger charge is 2.16. The lowest BCUT2D eigenvalue weighted by atomic mass is 10.1. The van der Waals surface area contributed by atoms with E-state index in [9.17, 15) is 9.90 Å². The van der Waals surface area contributed by atoms with Gasteiger partial charge in [0.25, 0.3) is 5.91 Å². The zero-order valence-corrected chi connectivity index (χ0v) is 12.1. The van der Waals surface area contributed by atoms with Crippen molar-refractivity contribution in [1.29, 1.82) is 0 Å². The number of carbonyl (C=O) groups is 1. The van der Waals surface area contributed by atoms with E-state index in [2.05, 4.69) is 0 Å². The fourth-order valence-corrected chi connectivity index (χ4v) is 2.97. The number of phenols is 1. The van der Waals surface area contributed by atoms with Gasteiger partial charge in [-0.1, -0.05) is 12.1 Å². The molecule has 1 aromatic carbocycles. The van der Waals surface area contributed by atoms with Crippen LogP contribution in [0.4, 0.5) is 0 Å². The Morgan fingerprint density at radius 3 is 2.63 bits per heavy atom. The van der Waals surface area contributed by atoms with Crippen LogP contribution < -0.4 is 0 Å². The van der Waals surface area contributed by atoms with Gasteiger partial charge in [-0.25, -0.2) is 0 Å². The minimum atomic E-state index is 0.0187. The summed E-state index contributed by atoms with van der Waals surface area (Å²) < 4.78 is 0. The summed E-state index contributed by atoms with van der Waals surface area (Å²) in [7, 11) is 1.78. The smallest absolute Gasteiger partial charge is 0.255 e. The maximum absolute atomic E-state index is 12.3. The lowest BCUT2D eigenvalue weighted by Gasteiger charge is -2.17. The molecule has 1 N–H and O–H groups in total. The molecule has 100 valence electrons. The molecule has 0 spiro atoms. The zero-order valence-electron chi connectivity index (χ0n) is 11.3. The molecule has 0 radical (unpaired) electrons. The second-order valence-electron chi connectivity index (χ2n) is 4.66. The number of carbonyl (C=O) groups excluding carboxylic acids is 1. The Labute approximate surface area is 117 Å². The molecule has 0 bridgehead atoms. The maximum Gasteiger partial charge on any atom is 0.255 e. The molecule has 0 unspecified atom stereocenters. The Morgan fingerprint density at radius 1 is 1.32 bits per heavy atom. The Bertz CT molecular complexity index is 604. The number of nitrogens with zero attached hydrogens (tertiary/aromatic N) is 1. The number of phenolic OH excluding ortho intramolecular Hbond substituents is 1. The SMILES string of the molecule is Cc1cc(C(=O)N(C)Cc2cccc(O)c2)c(C)s1. The van der Waals surface area contributed by atoms with E-state index >= 15 is 0 Å². The van der Waals surface area contributed by atoms with Crippen LogP contribution in [0.15, 0.2) is 30.3 Å². The first kappa shape index (κ1) is 13.6. The third-order valence-corrected chi connectivity index (χ3v) is 3.91. The van der Waals surface area contributed by atoms with Crippen molar-refractivity contribution in [3.05, 3.63) is 51.2 Å². The number of amides is 1. The van der Waals surface area contributed by atoms with E-state index in [1.807, 2.05) is 26.0 Å². The van der Waals surface area contributed by atoms with Crippen LogP contribution in [0.5, 0.6) is 5.75 Å². The second kappa shape index (κ2) is 5.45. The number of benzene rings is 1. The molecule has 0 saturated carbocycles. The lowest BCUT2D eigenvalue weighted by Crippen LogP contribution is -2.26. The molecule has 1 heterocycles. The lowest BCUT2D eigenvalue weighted by molar-refractivity contribution is 0.0785. The summed E-state index contributed by atoms with van der Waals surface area (Å²) in [6.45, 7) is 4.46. The van der Waals surface area contributed by atoms with E-state index in [0.717, 1.165) is 20.9 Å². The van der Waals surface area contributed by atoms with Crippen LogP contribution in [0.25, 0.3) is 0 Å². The van der Waals surface area contributed by atoms with E-state index in [1.54, 1.807) is 41.5 Å². The van der Waals surface area contributed by atoms with Crippen LogP contribution in [-0.4, -0.2) is 23.0 Å². The highest BCUT2D eigenvalue weighted by Crippen LogP contribution is 2.22. The molecule has 0 atom stereocenters. The number of rotatable bonds is 3. The van der Waals surface area contributed by atoms with Crippen LogP contribution in [-0.2, 0) is 6.54 Å². The van der Waals surface area contributed by atoms with Crippen molar-refractivity contribution in [3.8, 4) is 5.75 Å². The molecule has 0 fully saturated rings. The Balaban J connectivity index is 2.14. The van der Waals surface area contributed by atoms with Crippen LogP contribution in [0, 0.1) is 13.8 Å². The summed E-state index contributed by atoms with van der Waals surface area (Å²) in [4.78, 5) is 16.2. The molecule has 3 nitrogen and oxygen atoms in total. The van der Waals surface area contributed by atoms with Crippen molar-refractivity contribution in [2.45, 2.75) is 20.4 Å². The van der Waals surface area contributed by atoms with Gasteiger partial charge in [0.1, 0.15) is 5.75 Å². The molecule has 4 heteroatoms. The van der Waals surface area contributed by atoms with Gasteiger partial charge in [0, 0.05) is 23.3 Å². The van der Waals surface area contributed by atoms with Crippen LogP contribution in [0.2, 0.25) is 0 Å². The van der Waals surface area contributed by atoms with Gasteiger partial charge in [0.2, 0.25) is 0 Å². The number of hydrogen-bond acceptors (Lipinski definition) is 3. The molecule has 19 heavy (non-hydrogen) atoms. The Kier molecular flexibility index (Phi) is 3.90. The van der Waals surface area contributed by atoms with Gasteiger partial charge >= 0.3 is 0 Å². The number of aromatic hydroxyl groups is 1. The first-order chi connectivity index (χ1) is 8.97. The van der Waals surface area contributed by atoms with E-state index in [4.69, 9.17) is 0 Å². The van der Waals surface area contributed by atoms with Gasteiger partial charge < -0.3 is 10.0 Å². The minimum Gasteiger partial charge on any atom is -0.508 e. The van der Waals surface area contributed by atoms with Crippen molar-refractivity contribution < 1.29 is 9.90 Å². The molecule has 1 amide bonds. The van der Waals surface area contributed by atoms with E-state index in [0.29, 0.717) is 6.54 Å². The summed E-state index contributed by atoms with van der Waals surface area (Å²) in [5.74, 6) is 0.242. The number of aryl methyl sites for hydroxylation is 2. The van der Waals surface area contributed by atoms with Crippen LogP contribution in [0.1, 0.15) is 25.7 Å². The first-order valence-corrected chi connectivity index (χ1v) is 6.89. The quantitative estimate of drug-likeness (QED) is 0.933. The van der Waals surface area contributed by atoms with Crippen molar-refractivity contribution in [3.63, 3.8) is 0 Å². The monoisotopic (exact) mass is 275 g/mol. The van der Waals surface area contributed by atoms with Gasteiger partial charge in [0.15, 0.2) is 0 Å². The van der Waals surface area contributed by atoms with Gasteiger partial charge in [-0.15, -0.1) is 11.3 Å². The molecule has 1 aromatic heterocycles. The van der Waals surface area contributed by atoms with E-state index in [1.165, 1.54) is 0 Å². The predicted octanol–water partition coefficient (Wildman–Crippen LogP) is 3.34. The van der Waals surface area contributed by atoms with Crippen molar-refractivity contribution >= 4 is 17.2 Å². The standard InChI is InChI=1S/C15H17NO2S/c1-10-7-14(11(2)19-10)15(18)16(3)9-12-5-4-6-13(17)8-12/h4-8,17H,9H2,1-3H3. The molecule has 0 aliphatic carbocycles. The van der Waals surface area contributed by atoms with Gasteiger partial charge in [0.05, 0.1) is 5.56 Å². The molecular weight excluding hydrogens is 258 g/mol. The van der Waals surface area contributed by atoms with Crippen LogP contribution in [0.3, 0.4) is 0 Å². The summed E-state index contributed by atoms with van der Waals surface area (Å²) in [5, 5.41) is 9.43. The van der Waals surface area contributed by atoms with E-state index in [-0.39, 0.29) is 11.7 Å². The predicted molar refractivity (Wildman–Crippen MR) is 77.7 cm³/mol. The van der Waals surface area contributed by atoms with Gasteiger partial charge in [-0.3, -0.25) is 4.79 Å². The largest absolute Gasteiger partial charge is 0.508 e. The summed E-state index contributed by atoms with van der Waals surface area (Å²) in [6, 6.07) is 8.91. The molecule has 2 aromatic rings. The Morgan fingerprint density at radius 2 is 2.05 bits per heavy atom. The third kappa shape index (κ3) is 3.15. The molecule has 0 saturated heterocycles. The topological polar surface area (TPSA) is 40.5 Å². The van der Waals surface area contributed by atoms with E-state index < -0.39 is 0 Å². The average molecular weight is 275 g/mol. The molecule has 2 rings (SSSR count). The molecular formula is C15H17NO2S. The van der Waals surface area contributed by atoms with Crippen LogP contribution >= 0.6 is 11.3 Å². The van der Waals surface area contributed by atoms with Crippen molar-refractivity contribution in [1.82, 2.24) is 4.90 Å². The third-order valence-electron chi connectivity index (χ3n) is 2.95. The first-order valence-electron chi connectivity index (χ1n) is 6.08. The molecule has 0 aliphatic heterocycles. The van der Waals surface area contributed by atoms with Crippen molar-refractivity contribution in [2.24, 2.45) is 0 Å².